The summed E-state index contributed by atoms with van der Waals surface area (Å²) >= 11 is 0. The maximum atomic E-state index is 14.7. The van der Waals surface area contributed by atoms with Gasteiger partial charge >= 0.3 is 7.12 Å². The minimum atomic E-state index is -2.01. The van der Waals surface area contributed by atoms with E-state index < -0.39 is 32.5 Å². The third-order valence-corrected chi connectivity index (χ3v) is 12.5. The van der Waals surface area contributed by atoms with Crippen LogP contribution in [-0.4, -0.2) is 32.4 Å². The van der Waals surface area contributed by atoms with Gasteiger partial charge in [0.15, 0.2) is 25.7 Å². The molecule has 0 N–H and O–H groups in total. The molecule has 2 aromatic rings. The summed E-state index contributed by atoms with van der Waals surface area (Å²) in [4.78, 5) is 11.6. The zero-order valence-corrected chi connectivity index (χ0v) is 24.6. The van der Waals surface area contributed by atoms with E-state index in [9.17, 15) is 9.18 Å². The Morgan fingerprint density at radius 2 is 1.58 bits per heavy atom. The minimum absolute atomic E-state index is 0.0493. The molecular weight excluding hydrogens is 474 g/mol. The summed E-state index contributed by atoms with van der Waals surface area (Å²) in [5, 5.41) is 0.0686. The fourth-order valence-electron chi connectivity index (χ4n) is 3.69. The third-order valence-electron chi connectivity index (χ3n) is 8.00. The van der Waals surface area contributed by atoms with Gasteiger partial charge in [-0.05, 0) is 101 Å². The molecule has 0 bridgehead atoms. The van der Waals surface area contributed by atoms with Crippen molar-refractivity contribution in [2.75, 3.05) is 0 Å². The molecule has 5 nitrogen and oxygen atoms in total. The molecular formula is C28H40BFO5Si. The van der Waals surface area contributed by atoms with Crippen LogP contribution in [0.3, 0.4) is 0 Å². The van der Waals surface area contributed by atoms with Crippen LogP contribution in [0, 0.1) is 12.7 Å². The highest BCUT2D eigenvalue weighted by molar-refractivity contribution is 6.74. The van der Waals surface area contributed by atoms with E-state index >= 15 is 0 Å². The minimum Gasteiger partial charge on any atom is -0.454 e. The van der Waals surface area contributed by atoms with Gasteiger partial charge < -0.3 is 18.5 Å². The van der Waals surface area contributed by atoms with Gasteiger partial charge in [-0.25, -0.2) is 4.39 Å². The smallest absolute Gasteiger partial charge is 0.454 e. The lowest BCUT2D eigenvalue weighted by molar-refractivity contribution is 0.00578. The van der Waals surface area contributed by atoms with Crippen LogP contribution in [0.15, 0.2) is 30.3 Å². The lowest BCUT2D eigenvalue weighted by Crippen LogP contribution is -2.43. The first-order chi connectivity index (χ1) is 16.4. The molecule has 1 fully saturated rings. The van der Waals surface area contributed by atoms with Crippen LogP contribution in [0.2, 0.25) is 18.1 Å². The maximum absolute atomic E-state index is 14.7. The molecule has 36 heavy (non-hydrogen) atoms. The van der Waals surface area contributed by atoms with Crippen LogP contribution >= 0.6 is 0 Å². The maximum Gasteiger partial charge on any atom is 0.495 e. The van der Waals surface area contributed by atoms with Gasteiger partial charge in [-0.1, -0.05) is 26.8 Å². The number of rotatable bonds is 7. The van der Waals surface area contributed by atoms with Gasteiger partial charge in [0.1, 0.15) is 5.75 Å². The predicted octanol–water partition coefficient (Wildman–Crippen LogP) is 6.95. The van der Waals surface area contributed by atoms with Gasteiger partial charge in [0.25, 0.3) is 0 Å². The molecule has 0 atom stereocenters. The molecule has 0 unspecified atom stereocenters. The second-order valence-electron chi connectivity index (χ2n) is 12.2. The molecule has 0 saturated carbocycles. The number of ketones is 1. The Hall–Kier alpha value is -2.00. The van der Waals surface area contributed by atoms with Gasteiger partial charge in [0.05, 0.1) is 17.8 Å². The van der Waals surface area contributed by atoms with E-state index in [0.717, 1.165) is 16.6 Å². The fraction of sp³-hybridized carbons (Fsp3) is 0.536. The Balaban J connectivity index is 2.03. The number of hydrogen-bond donors (Lipinski definition) is 0. The monoisotopic (exact) mass is 514 g/mol. The molecule has 1 saturated heterocycles. The second kappa shape index (κ2) is 9.71. The van der Waals surface area contributed by atoms with E-state index in [1.807, 2.05) is 46.8 Å². The van der Waals surface area contributed by atoms with Crippen molar-refractivity contribution in [2.45, 2.75) is 98.3 Å². The summed E-state index contributed by atoms with van der Waals surface area (Å²) in [7, 11) is -2.63. The van der Waals surface area contributed by atoms with E-state index in [4.69, 9.17) is 18.5 Å². The topological polar surface area (TPSA) is 54.0 Å². The van der Waals surface area contributed by atoms with Gasteiger partial charge in [-0.15, -0.1) is 0 Å². The Morgan fingerprint density at radius 1 is 1.03 bits per heavy atom. The Labute approximate surface area is 216 Å². The second-order valence-corrected chi connectivity index (χ2v) is 17.0. The molecule has 0 radical (unpaired) electrons. The van der Waals surface area contributed by atoms with Crippen molar-refractivity contribution in [3.05, 3.63) is 52.8 Å². The number of benzene rings is 2. The predicted molar refractivity (Wildman–Crippen MR) is 145 cm³/mol. The van der Waals surface area contributed by atoms with Gasteiger partial charge in [0.2, 0.25) is 0 Å². The van der Waals surface area contributed by atoms with Crippen LogP contribution in [-0.2, 0) is 20.3 Å². The highest BCUT2D eigenvalue weighted by Gasteiger charge is 2.53. The fourth-order valence-corrected chi connectivity index (χ4v) is 4.64. The van der Waals surface area contributed by atoms with E-state index in [2.05, 4.69) is 33.9 Å². The van der Waals surface area contributed by atoms with Crippen LogP contribution in [0.4, 0.5) is 4.39 Å². The van der Waals surface area contributed by atoms with Crippen molar-refractivity contribution >= 4 is 26.7 Å². The first-order valence-corrected chi connectivity index (χ1v) is 15.4. The van der Waals surface area contributed by atoms with Crippen LogP contribution < -0.4 is 10.2 Å². The molecule has 0 amide bonds. The number of halogens is 1. The average Bonchev–Trinajstić information content (AvgIpc) is 2.95. The van der Waals surface area contributed by atoms with Crippen molar-refractivity contribution in [1.82, 2.24) is 0 Å². The molecule has 1 aliphatic rings. The first kappa shape index (κ1) is 28.6. The molecule has 0 aliphatic carbocycles. The summed E-state index contributed by atoms with van der Waals surface area (Å²) in [5.74, 6) is -0.256. The van der Waals surface area contributed by atoms with E-state index in [-0.39, 0.29) is 16.6 Å². The zero-order valence-electron chi connectivity index (χ0n) is 23.6. The number of carbonyl (C=O) groups excluding carboxylic acids is 1. The highest BCUT2D eigenvalue weighted by atomic mass is 28.4. The average molecular weight is 515 g/mol. The van der Waals surface area contributed by atoms with Crippen molar-refractivity contribution in [1.29, 1.82) is 0 Å². The first-order valence-electron chi connectivity index (χ1n) is 12.5. The lowest BCUT2D eigenvalue weighted by Gasteiger charge is -2.36. The molecule has 0 spiro atoms. The van der Waals surface area contributed by atoms with E-state index in [1.165, 1.54) is 19.1 Å². The van der Waals surface area contributed by atoms with E-state index in [1.54, 1.807) is 6.07 Å². The normalized spacial score (nSPS) is 17.4. The molecule has 1 aliphatic heterocycles. The number of ether oxygens (including phenoxy) is 1. The molecule has 2 aromatic carbocycles. The van der Waals surface area contributed by atoms with E-state index in [0.29, 0.717) is 17.9 Å². The standard InChI is InChI=1S/C28H40BFO5Si/c1-18-23(33-24-15-12-20(19(2)31)16-22(24)30)14-13-21(17-32-36(10,11)26(3,4)5)25(18)29-34-27(6,7)28(8,9)35-29/h12-16H,17H2,1-11H3. The molecule has 3 rings (SSSR count). The summed E-state index contributed by atoms with van der Waals surface area (Å²) in [6, 6.07) is 8.01. The molecule has 1 heterocycles. The summed E-state index contributed by atoms with van der Waals surface area (Å²) in [6.07, 6.45) is 0. The zero-order chi connectivity index (χ0) is 27.3. The summed E-state index contributed by atoms with van der Waals surface area (Å²) in [5.41, 5.74) is 1.84. The highest BCUT2D eigenvalue weighted by Crippen LogP contribution is 2.39. The van der Waals surface area contributed by atoms with Gasteiger partial charge in [-0.2, -0.15) is 0 Å². The number of Topliss-reactive ketones (excluding diaryl/α,β-unsaturated/α-hetero) is 1. The van der Waals surface area contributed by atoms with Crippen molar-refractivity contribution in [3.63, 3.8) is 0 Å². The SMILES string of the molecule is CC(=O)c1ccc(Oc2ccc(CO[Si](C)(C)C(C)(C)C)c(B3OC(C)(C)C(C)(C)O3)c2C)c(F)c1. The Kier molecular flexibility index (Phi) is 7.71. The van der Waals surface area contributed by atoms with Crippen molar-refractivity contribution in [3.8, 4) is 11.5 Å². The van der Waals surface area contributed by atoms with Crippen molar-refractivity contribution < 1.29 is 27.7 Å². The molecule has 0 aromatic heterocycles. The van der Waals surface area contributed by atoms with Gasteiger partial charge in [-0.3, -0.25) is 4.79 Å². The Bertz CT molecular complexity index is 1140. The van der Waals surface area contributed by atoms with Crippen molar-refractivity contribution in [2.24, 2.45) is 0 Å². The quantitative estimate of drug-likeness (QED) is 0.296. The summed E-state index contributed by atoms with van der Waals surface area (Å²) in [6.45, 7) is 22.9. The lowest BCUT2D eigenvalue weighted by atomic mass is 9.73. The molecule has 196 valence electrons. The largest absolute Gasteiger partial charge is 0.495 e. The van der Waals surface area contributed by atoms with Crippen LogP contribution in [0.25, 0.3) is 0 Å². The Morgan fingerprint density at radius 3 is 2.08 bits per heavy atom. The van der Waals surface area contributed by atoms with Crippen LogP contribution in [0.1, 0.15) is 76.9 Å². The van der Waals surface area contributed by atoms with Gasteiger partial charge in [0, 0.05) is 5.56 Å². The number of hydrogen-bond acceptors (Lipinski definition) is 5. The van der Waals surface area contributed by atoms with Crippen LogP contribution in [0.5, 0.6) is 11.5 Å². The third kappa shape index (κ3) is 5.62. The molecule has 8 heteroatoms. The number of carbonyl (C=O) groups is 1. The summed E-state index contributed by atoms with van der Waals surface area (Å²) < 4.78 is 40.1.